The number of nitrogens with one attached hydrogen (secondary N) is 1. The third-order valence-electron chi connectivity index (χ3n) is 4.31. The van der Waals surface area contributed by atoms with Crippen LogP contribution in [0.15, 0.2) is 66.9 Å². The second kappa shape index (κ2) is 8.90. The molecule has 1 heterocycles. The van der Waals surface area contributed by atoms with E-state index in [1.165, 1.54) is 12.7 Å². The number of hydrogen-bond donors (Lipinski definition) is 1. The molecule has 3 rings (SSSR count). The largest absolute Gasteiger partial charge is 0.493 e. The van der Waals surface area contributed by atoms with Gasteiger partial charge in [-0.1, -0.05) is 30.3 Å². The molecule has 0 fully saturated rings. The molecule has 6 heteroatoms. The number of ether oxygens (including phenoxy) is 2. The number of benzene rings is 2. The lowest BCUT2D eigenvalue weighted by Gasteiger charge is -2.18. The van der Waals surface area contributed by atoms with Crippen LogP contribution in [0.5, 0.6) is 11.5 Å². The average molecular weight is 377 g/mol. The highest BCUT2D eigenvalue weighted by Crippen LogP contribution is 2.28. The lowest BCUT2D eigenvalue weighted by molar-refractivity contribution is 0.102. The molecule has 0 bridgehead atoms. The second-order valence-electron chi connectivity index (χ2n) is 6.27. The summed E-state index contributed by atoms with van der Waals surface area (Å²) in [5.41, 5.74) is 2.30. The molecule has 3 aromatic rings. The van der Waals surface area contributed by atoms with Crippen molar-refractivity contribution in [2.45, 2.75) is 6.54 Å². The Kier molecular flexibility index (Phi) is 6.11. The van der Waals surface area contributed by atoms with Crippen LogP contribution in [0, 0.1) is 0 Å². The maximum absolute atomic E-state index is 12.5. The number of carbonyl (C=O) groups excluding carboxylic acids is 1. The second-order valence-corrected chi connectivity index (χ2v) is 6.27. The van der Waals surface area contributed by atoms with Crippen LogP contribution in [-0.2, 0) is 6.54 Å². The normalized spacial score (nSPS) is 10.2. The molecule has 0 aliphatic carbocycles. The number of nitrogens with zero attached hydrogens (tertiary/aromatic N) is 2. The van der Waals surface area contributed by atoms with Gasteiger partial charge in [0.1, 0.15) is 5.82 Å². The summed E-state index contributed by atoms with van der Waals surface area (Å²) in [4.78, 5) is 19.0. The SMILES string of the molecule is COc1ccc(C(=O)Nc2ccc(N(C)Cc3ccccc3)nc2)cc1OC. The molecule has 2 aromatic carbocycles. The zero-order valence-corrected chi connectivity index (χ0v) is 16.2. The predicted octanol–water partition coefficient (Wildman–Crippen LogP) is 3.99. The van der Waals surface area contributed by atoms with Crippen molar-refractivity contribution in [1.82, 2.24) is 4.98 Å². The van der Waals surface area contributed by atoms with Crippen molar-refractivity contribution in [3.63, 3.8) is 0 Å². The van der Waals surface area contributed by atoms with Gasteiger partial charge in [0.15, 0.2) is 11.5 Å². The summed E-state index contributed by atoms with van der Waals surface area (Å²) in [6.07, 6.45) is 1.65. The minimum absolute atomic E-state index is 0.242. The highest BCUT2D eigenvalue weighted by molar-refractivity contribution is 6.04. The monoisotopic (exact) mass is 377 g/mol. The van der Waals surface area contributed by atoms with Crippen molar-refractivity contribution in [2.75, 3.05) is 31.5 Å². The van der Waals surface area contributed by atoms with Crippen LogP contribution < -0.4 is 19.7 Å². The Bertz CT molecular complexity index is 928. The molecule has 0 aliphatic heterocycles. The van der Waals surface area contributed by atoms with Gasteiger partial charge in [-0.05, 0) is 35.9 Å². The molecule has 0 spiro atoms. The summed E-state index contributed by atoms with van der Waals surface area (Å²) in [5, 5.41) is 2.85. The Labute approximate surface area is 164 Å². The summed E-state index contributed by atoms with van der Waals surface area (Å²) in [5.74, 6) is 1.67. The van der Waals surface area contributed by atoms with Gasteiger partial charge in [0.2, 0.25) is 0 Å². The zero-order valence-electron chi connectivity index (χ0n) is 16.2. The fourth-order valence-electron chi connectivity index (χ4n) is 2.80. The predicted molar refractivity (Wildman–Crippen MR) is 110 cm³/mol. The van der Waals surface area contributed by atoms with Crippen molar-refractivity contribution in [3.05, 3.63) is 78.0 Å². The molecule has 0 atom stereocenters. The molecule has 6 nitrogen and oxygen atoms in total. The van der Waals surface area contributed by atoms with Crippen LogP contribution in [0.1, 0.15) is 15.9 Å². The fraction of sp³-hybridized carbons (Fsp3) is 0.182. The molecule has 1 N–H and O–H groups in total. The van der Waals surface area contributed by atoms with Crippen LogP contribution >= 0.6 is 0 Å². The van der Waals surface area contributed by atoms with E-state index in [4.69, 9.17) is 9.47 Å². The van der Waals surface area contributed by atoms with Crippen molar-refractivity contribution in [1.29, 1.82) is 0 Å². The summed E-state index contributed by atoms with van der Waals surface area (Å²) < 4.78 is 10.4. The third kappa shape index (κ3) is 4.59. The lowest BCUT2D eigenvalue weighted by Crippen LogP contribution is -2.18. The highest BCUT2D eigenvalue weighted by atomic mass is 16.5. The Morgan fingerprint density at radius 2 is 1.75 bits per heavy atom. The van der Waals surface area contributed by atoms with E-state index in [2.05, 4.69) is 27.3 Å². The maximum Gasteiger partial charge on any atom is 0.255 e. The number of carbonyl (C=O) groups is 1. The van der Waals surface area contributed by atoms with E-state index in [1.54, 1.807) is 31.5 Å². The topological polar surface area (TPSA) is 63.7 Å². The first-order chi connectivity index (χ1) is 13.6. The number of methoxy groups -OCH3 is 2. The van der Waals surface area contributed by atoms with E-state index in [-0.39, 0.29) is 5.91 Å². The van der Waals surface area contributed by atoms with E-state index >= 15 is 0 Å². The summed E-state index contributed by atoms with van der Waals surface area (Å²) in [6, 6.07) is 18.9. The number of hydrogen-bond acceptors (Lipinski definition) is 5. The fourth-order valence-corrected chi connectivity index (χ4v) is 2.80. The minimum Gasteiger partial charge on any atom is -0.493 e. The Hall–Kier alpha value is -3.54. The van der Waals surface area contributed by atoms with Gasteiger partial charge in [-0.15, -0.1) is 0 Å². The Morgan fingerprint density at radius 1 is 1.00 bits per heavy atom. The van der Waals surface area contributed by atoms with Gasteiger partial charge in [-0.2, -0.15) is 0 Å². The molecule has 28 heavy (non-hydrogen) atoms. The number of aromatic nitrogens is 1. The van der Waals surface area contributed by atoms with Crippen molar-refractivity contribution < 1.29 is 14.3 Å². The molecule has 0 aliphatic rings. The van der Waals surface area contributed by atoms with Crippen molar-refractivity contribution in [2.24, 2.45) is 0 Å². The van der Waals surface area contributed by atoms with E-state index in [0.29, 0.717) is 22.7 Å². The van der Waals surface area contributed by atoms with Crippen LogP contribution in [0.2, 0.25) is 0 Å². The smallest absolute Gasteiger partial charge is 0.255 e. The maximum atomic E-state index is 12.5. The van der Waals surface area contributed by atoms with Crippen molar-refractivity contribution >= 4 is 17.4 Å². The van der Waals surface area contributed by atoms with E-state index in [0.717, 1.165) is 12.4 Å². The van der Waals surface area contributed by atoms with E-state index in [1.807, 2.05) is 37.4 Å². The van der Waals surface area contributed by atoms with Crippen LogP contribution in [0.3, 0.4) is 0 Å². The third-order valence-corrected chi connectivity index (χ3v) is 4.31. The lowest BCUT2D eigenvalue weighted by atomic mass is 10.2. The standard InChI is InChI=1S/C22H23N3O3/c1-25(15-16-7-5-4-6-8-16)21-12-10-18(14-23-21)24-22(26)17-9-11-19(27-2)20(13-17)28-3/h4-14H,15H2,1-3H3,(H,24,26). The van der Waals surface area contributed by atoms with Gasteiger partial charge in [-0.25, -0.2) is 4.98 Å². The van der Waals surface area contributed by atoms with Gasteiger partial charge in [0, 0.05) is 19.2 Å². The first-order valence-electron chi connectivity index (χ1n) is 8.85. The first kappa shape index (κ1) is 19.2. The summed E-state index contributed by atoms with van der Waals surface area (Å²) >= 11 is 0. The van der Waals surface area contributed by atoms with Crippen LogP contribution in [-0.4, -0.2) is 32.2 Å². The molecular formula is C22H23N3O3. The number of pyridine rings is 1. The van der Waals surface area contributed by atoms with Crippen LogP contribution in [0.25, 0.3) is 0 Å². The Balaban J connectivity index is 1.66. The summed E-state index contributed by atoms with van der Waals surface area (Å²) in [6.45, 7) is 0.755. The van der Waals surface area contributed by atoms with Gasteiger partial charge in [0.05, 0.1) is 26.1 Å². The molecule has 0 saturated heterocycles. The molecular weight excluding hydrogens is 354 g/mol. The van der Waals surface area contributed by atoms with Gasteiger partial charge < -0.3 is 19.7 Å². The number of anilines is 2. The van der Waals surface area contributed by atoms with Crippen molar-refractivity contribution in [3.8, 4) is 11.5 Å². The van der Waals surface area contributed by atoms with Gasteiger partial charge >= 0.3 is 0 Å². The zero-order chi connectivity index (χ0) is 19.9. The van der Waals surface area contributed by atoms with Gasteiger partial charge in [-0.3, -0.25) is 4.79 Å². The molecule has 0 saturated carbocycles. The van der Waals surface area contributed by atoms with Crippen LogP contribution in [0.4, 0.5) is 11.5 Å². The molecule has 0 unspecified atom stereocenters. The number of rotatable bonds is 7. The first-order valence-corrected chi connectivity index (χ1v) is 8.85. The quantitative estimate of drug-likeness (QED) is 0.675. The minimum atomic E-state index is -0.242. The molecule has 144 valence electrons. The highest BCUT2D eigenvalue weighted by Gasteiger charge is 2.11. The average Bonchev–Trinajstić information content (AvgIpc) is 2.74. The summed E-state index contributed by atoms with van der Waals surface area (Å²) in [7, 11) is 5.07. The number of amides is 1. The molecule has 1 amide bonds. The molecule has 1 aromatic heterocycles. The van der Waals surface area contributed by atoms with E-state index in [9.17, 15) is 4.79 Å². The molecule has 0 radical (unpaired) electrons. The van der Waals surface area contributed by atoms with E-state index < -0.39 is 0 Å². The Morgan fingerprint density at radius 3 is 2.39 bits per heavy atom. The van der Waals surface area contributed by atoms with Gasteiger partial charge in [0.25, 0.3) is 5.91 Å².